The molecule has 4 rings (SSSR count). The maximum atomic E-state index is 12.2. The Balaban J connectivity index is 1.47. The number of ether oxygens (including phenoxy) is 1. The monoisotopic (exact) mass is 358 g/mol. The van der Waals surface area contributed by atoms with Crippen LogP contribution in [0, 0.1) is 29.1 Å². The van der Waals surface area contributed by atoms with Gasteiger partial charge in [-0.2, -0.15) is 0 Å². The molecule has 26 heavy (non-hydrogen) atoms. The summed E-state index contributed by atoms with van der Waals surface area (Å²) >= 11 is 0. The van der Waals surface area contributed by atoms with Crippen molar-refractivity contribution in [3.63, 3.8) is 0 Å². The fourth-order valence-corrected chi connectivity index (χ4v) is 6.86. The van der Waals surface area contributed by atoms with Crippen molar-refractivity contribution in [2.75, 3.05) is 0 Å². The Bertz CT molecular complexity index is 607. The zero-order chi connectivity index (χ0) is 18.3. The number of hydrogen-bond donors (Lipinski definition) is 0. The average molecular weight is 359 g/mol. The van der Waals surface area contributed by atoms with Crippen LogP contribution in [-0.4, -0.2) is 17.9 Å². The largest absolute Gasteiger partial charge is 0.462 e. The number of fused-ring (bicyclic) bond motifs is 5. The van der Waals surface area contributed by atoms with Crippen molar-refractivity contribution in [1.29, 1.82) is 0 Å². The van der Waals surface area contributed by atoms with Gasteiger partial charge >= 0.3 is 5.97 Å². The highest BCUT2D eigenvalue weighted by Crippen LogP contribution is 2.62. The summed E-state index contributed by atoms with van der Waals surface area (Å²) in [6.07, 6.45) is 13.5. The van der Waals surface area contributed by atoms with E-state index in [1.165, 1.54) is 31.3 Å². The van der Waals surface area contributed by atoms with Crippen molar-refractivity contribution in [2.24, 2.45) is 29.1 Å². The predicted octanol–water partition coefficient (Wildman–Crippen LogP) is 5.23. The summed E-state index contributed by atoms with van der Waals surface area (Å²) < 4.78 is 5.99. The van der Waals surface area contributed by atoms with Crippen LogP contribution >= 0.6 is 0 Å². The van der Waals surface area contributed by atoms with Gasteiger partial charge in [-0.15, -0.1) is 0 Å². The van der Waals surface area contributed by atoms with Crippen molar-refractivity contribution in [1.82, 2.24) is 0 Å². The van der Waals surface area contributed by atoms with Crippen molar-refractivity contribution in [2.45, 2.75) is 90.6 Å². The Kier molecular flexibility index (Phi) is 5.00. The van der Waals surface area contributed by atoms with Crippen molar-refractivity contribution in [3.8, 4) is 0 Å². The van der Waals surface area contributed by atoms with E-state index < -0.39 is 0 Å². The van der Waals surface area contributed by atoms with Crippen LogP contribution in [0.5, 0.6) is 0 Å². The minimum Gasteiger partial charge on any atom is -0.462 e. The Morgan fingerprint density at radius 3 is 2.81 bits per heavy atom. The summed E-state index contributed by atoms with van der Waals surface area (Å²) in [4.78, 5) is 24.0. The average Bonchev–Trinajstić information content (AvgIpc) is 2.96. The summed E-state index contributed by atoms with van der Waals surface area (Å²) in [5.41, 5.74) is 1.63. The molecule has 0 heterocycles. The Morgan fingerprint density at radius 1 is 1.15 bits per heavy atom. The molecule has 3 saturated carbocycles. The van der Waals surface area contributed by atoms with Gasteiger partial charge in [0.05, 0.1) is 0 Å². The second-order valence-electron chi connectivity index (χ2n) is 9.51. The second kappa shape index (κ2) is 7.13. The first-order valence-electron chi connectivity index (χ1n) is 11.0. The molecule has 144 valence electrons. The van der Waals surface area contributed by atoms with Crippen LogP contribution in [-0.2, 0) is 14.3 Å². The molecule has 3 fully saturated rings. The molecule has 3 nitrogen and oxygen atoms in total. The second-order valence-corrected chi connectivity index (χ2v) is 9.51. The molecule has 0 aromatic rings. The molecular formula is C23H34O3. The highest BCUT2D eigenvalue weighted by atomic mass is 16.5. The molecule has 0 bridgehead atoms. The lowest BCUT2D eigenvalue weighted by Crippen LogP contribution is -2.48. The molecular weight excluding hydrogens is 324 g/mol. The minimum atomic E-state index is 0.0144. The lowest BCUT2D eigenvalue weighted by atomic mass is 9.52. The minimum absolute atomic E-state index is 0.0144. The quantitative estimate of drug-likeness (QED) is 0.646. The molecule has 0 aromatic carbocycles. The smallest absolute Gasteiger partial charge is 0.306 e. The Morgan fingerprint density at radius 2 is 2.00 bits per heavy atom. The van der Waals surface area contributed by atoms with Gasteiger partial charge in [-0.25, -0.2) is 0 Å². The zero-order valence-electron chi connectivity index (χ0n) is 16.5. The van der Waals surface area contributed by atoms with Crippen molar-refractivity contribution >= 4 is 11.8 Å². The van der Waals surface area contributed by atoms with E-state index in [1.54, 1.807) is 0 Å². The van der Waals surface area contributed by atoms with E-state index >= 15 is 0 Å². The fourth-order valence-electron chi connectivity index (χ4n) is 6.86. The third kappa shape index (κ3) is 3.05. The van der Waals surface area contributed by atoms with Gasteiger partial charge in [-0.1, -0.05) is 25.8 Å². The number of unbranched alkanes of at least 4 members (excludes halogenated alkanes) is 1. The molecule has 0 aromatic heterocycles. The van der Waals surface area contributed by atoms with Crippen LogP contribution in [0.15, 0.2) is 11.6 Å². The van der Waals surface area contributed by atoms with E-state index in [1.807, 2.05) is 6.08 Å². The number of carbonyl (C=O) groups excluding carboxylic acids is 2. The Hall–Kier alpha value is -1.12. The standard InChI is InChI=1S/C23H34O3/c1-3-4-5-22(25)26-21-11-10-20-19-8-6-15-14-16(24)7-9-17(15)18(19)12-13-23(20,21)2/h14,17-21H,3-13H2,1-2H3/t17-,18+,19+,20-,21-,23-/m0/s1. The lowest BCUT2D eigenvalue weighted by molar-refractivity contribution is -0.159. The van der Waals surface area contributed by atoms with Gasteiger partial charge in [0.25, 0.3) is 0 Å². The topological polar surface area (TPSA) is 43.4 Å². The summed E-state index contributed by atoms with van der Waals surface area (Å²) in [6.45, 7) is 4.51. The van der Waals surface area contributed by atoms with Crippen molar-refractivity contribution in [3.05, 3.63) is 11.6 Å². The van der Waals surface area contributed by atoms with E-state index in [9.17, 15) is 9.59 Å². The molecule has 0 radical (unpaired) electrons. The van der Waals surface area contributed by atoms with E-state index in [0.717, 1.165) is 50.4 Å². The van der Waals surface area contributed by atoms with E-state index in [4.69, 9.17) is 4.74 Å². The third-order valence-corrected chi connectivity index (χ3v) is 8.22. The summed E-state index contributed by atoms with van der Waals surface area (Å²) in [5.74, 6) is 3.24. The summed E-state index contributed by atoms with van der Waals surface area (Å²) in [7, 11) is 0. The first-order valence-corrected chi connectivity index (χ1v) is 11.0. The molecule has 4 aliphatic carbocycles. The number of rotatable bonds is 4. The number of esters is 1. The summed E-state index contributed by atoms with van der Waals surface area (Å²) in [6, 6.07) is 0. The molecule has 0 unspecified atom stereocenters. The molecule has 0 amide bonds. The summed E-state index contributed by atoms with van der Waals surface area (Å²) in [5, 5.41) is 0. The first-order chi connectivity index (χ1) is 12.5. The van der Waals surface area contributed by atoms with Crippen LogP contribution in [0.4, 0.5) is 0 Å². The maximum absolute atomic E-state index is 12.2. The van der Waals surface area contributed by atoms with Crippen LogP contribution in [0.1, 0.15) is 84.5 Å². The van der Waals surface area contributed by atoms with Crippen LogP contribution < -0.4 is 0 Å². The molecule has 3 heteroatoms. The van der Waals surface area contributed by atoms with Gasteiger partial charge in [-0.3, -0.25) is 9.59 Å². The van der Waals surface area contributed by atoms with E-state index in [-0.39, 0.29) is 17.5 Å². The highest BCUT2D eigenvalue weighted by Gasteiger charge is 2.57. The molecule has 0 aliphatic heterocycles. The van der Waals surface area contributed by atoms with Crippen molar-refractivity contribution < 1.29 is 14.3 Å². The molecule has 6 atom stereocenters. The number of hydrogen-bond acceptors (Lipinski definition) is 3. The third-order valence-electron chi connectivity index (χ3n) is 8.22. The normalized spacial score (nSPS) is 41.7. The molecule has 0 N–H and O–H groups in total. The SMILES string of the molecule is CCCCC(=O)O[C@H]1CC[C@H]2[C@@H]3CCC4=CC(=O)CC[C@@H]4[C@H]3CC[C@]12C. The zero-order valence-corrected chi connectivity index (χ0v) is 16.5. The van der Waals surface area contributed by atoms with Gasteiger partial charge in [0.2, 0.25) is 0 Å². The number of ketones is 1. The fraction of sp³-hybridized carbons (Fsp3) is 0.826. The van der Waals surface area contributed by atoms with Gasteiger partial charge in [0.1, 0.15) is 6.10 Å². The van der Waals surface area contributed by atoms with Gasteiger partial charge < -0.3 is 4.74 Å². The van der Waals surface area contributed by atoms with Gasteiger partial charge in [0, 0.05) is 18.3 Å². The molecule has 0 spiro atoms. The Labute approximate surface area is 157 Å². The van der Waals surface area contributed by atoms with Gasteiger partial charge in [-0.05, 0) is 81.1 Å². The van der Waals surface area contributed by atoms with E-state index in [2.05, 4.69) is 13.8 Å². The molecule has 4 aliphatic rings. The van der Waals surface area contributed by atoms with Crippen LogP contribution in [0.2, 0.25) is 0 Å². The molecule has 0 saturated heterocycles. The maximum Gasteiger partial charge on any atom is 0.306 e. The van der Waals surface area contributed by atoms with Gasteiger partial charge in [0.15, 0.2) is 5.78 Å². The van der Waals surface area contributed by atoms with Crippen LogP contribution in [0.3, 0.4) is 0 Å². The number of allylic oxidation sites excluding steroid dienone is 1. The lowest BCUT2D eigenvalue weighted by Gasteiger charge is -2.53. The van der Waals surface area contributed by atoms with E-state index in [0.29, 0.717) is 24.0 Å². The predicted molar refractivity (Wildman–Crippen MR) is 101 cm³/mol. The number of carbonyl (C=O) groups is 2. The highest BCUT2D eigenvalue weighted by molar-refractivity contribution is 5.91. The van der Waals surface area contributed by atoms with Crippen LogP contribution in [0.25, 0.3) is 0 Å². The first kappa shape index (κ1) is 18.3.